The molecule has 0 spiro atoms. The molecule has 2 aromatic rings. The molecule has 6 nitrogen and oxygen atoms in total. The lowest BCUT2D eigenvalue weighted by molar-refractivity contribution is 0.0812. The Balaban J connectivity index is 2.04. The van der Waals surface area contributed by atoms with E-state index in [0.29, 0.717) is 12.3 Å². The molecule has 0 saturated heterocycles. The predicted molar refractivity (Wildman–Crippen MR) is 76.3 cm³/mol. The minimum atomic E-state index is -0.307. The van der Waals surface area contributed by atoms with Gasteiger partial charge in [0, 0.05) is 25.3 Å². The number of carbonyl (C=O) groups excluding carboxylic acids is 1. The third kappa shape index (κ3) is 3.61. The Morgan fingerprint density at radius 2 is 2.14 bits per heavy atom. The number of methoxy groups -OCH3 is 2. The van der Waals surface area contributed by atoms with Crippen LogP contribution in [0, 0.1) is 6.92 Å². The number of aryl methyl sites for hydroxylation is 1. The van der Waals surface area contributed by atoms with Crippen LogP contribution in [0.2, 0.25) is 0 Å². The van der Waals surface area contributed by atoms with Crippen LogP contribution in [-0.2, 0) is 4.74 Å². The maximum atomic E-state index is 11.9. The van der Waals surface area contributed by atoms with E-state index in [4.69, 9.17) is 14.0 Å². The van der Waals surface area contributed by atoms with Gasteiger partial charge in [-0.05, 0) is 13.0 Å². The van der Waals surface area contributed by atoms with Gasteiger partial charge in [0.05, 0.1) is 7.11 Å². The number of hydrogen-bond donors (Lipinski definition) is 1. The highest BCUT2D eigenvalue weighted by Crippen LogP contribution is 2.26. The molecule has 0 aliphatic rings. The lowest BCUT2D eigenvalue weighted by Gasteiger charge is -2.18. The molecule has 6 heteroatoms. The monoisotopic (exact) mass is 290 g/mol. The maximum Gasteiger partial charge on any atom is 0.273 e. The summed E-state index contributed by atoms with van der Waals surface area (Å²) in [7, 11) is 3.19. The first-order valence-corrected chi connectivity index (χ1v) is 6.53. The Morgan fingerprint density at radius 3 is 2.76 bits per heavy atom. The first kappa shape index (κ1) is 15.1. The topological polar surface area (TPSA) is 73.6 Å². The standard InChI is InChI=1S/C15H18N2O4/c1-10-8-12(17-21-10)15(18)16-9-14(20-3)11-6-4-5-7-13(11)19-2/h4-8,14H,9H2,1-3H3,(H,16,18). The number of para-hydroxylation sites is 1. The van der Waals surface area contributed by atoms with Crippen molar-refractivity contribution >= 4 is 5.91 Å². The van der Waals surface area contributed by atoms with Crippen molar-refractivity contribution in [2.24, 2.45) is 0 Å². The highest BCUT2D eigenvalue weighted by Gasteiger charge is 2.18. The number of ether oxygens (including phenoxy) is 2. The molecular formula is C15H18N2O4. The molecule has 1 unspecified atom stereocenters. The van der Waals surface area contributed by atoms with Gasteiger partial charge in [0.2, 0.25) is 0 Å². The number of rotatable bonds is 6. The van der Waals surface area contributed by atoms with Gasteiger partial charge < -0.3 is 19.3 Å². The van der Waals surface area contributed by atoms with Crippen LogP contribution in [0.15, 0.2) is 34.9 Å². The van der Waals surface area contributed by atoms with E-state index in [-0.39, 0.29) is 17.7 Å². The molecule has 0 bridgehead atoms. The van der Waals surface area contributed by atoms with Crippen LogP contribution in [0.3, 0.4) is 0 Å². The third-order valence-corrected chi connectivity index (χ3v) is 3.08. The molecular weight excluding hydrogens is 272 g/mol. The number of aromatic nitrogens is 1. The van der Waals surface area contributed by atoms with Crippen LogP contribution in [0.4, 0.5) is 0 Å². The molecule has 0 radical (unpaired) electrons. The first-order chi connectivity index (χ1) is 10.2. The van der Waals surface area contributed by atoms with Gasteiger partial charge in [-0.1, -0.05) is 23.4 Å². The smallest absolute Gasteiger partial charge is 0.273 e. The number of nitrogens with one attached hydrogen (secondary N) is 1. The fraction of sp³-hybridized carbons (Fsp3) is 0.333. The third-order valence-electron chi connectivity index (χ3n) is 3.08. The van der Waals surface area contributed by atoms with Crippen LogP contribution in [-0.4, -0.2) is 31.8 Å². The molecule has 112 valence electrons. The number of carbonyl (C=O) groups is 1. The Bertz CT molecular complexity index is 609. The van der Waals surface area contributed by atoms with Gasteiger partial charge in [0.1, 0.15) is 17.6 Å². The molecule has 1 aromatic carbocycles. The van der Waals surface area contributed by atoms with E-state index in [1.165, 1.54) is 0 Å². The van der Waals surface area contributed by atoms with Gasteiger partial charge in [-0.3, -0.25) is 4.79 Å². The van der Waals surface area contributed by atoms with E-state index in [9.17, 15) is 4.79 Å². The molecule has 0 aliphatic heterocycles. The van der Waals surface area contributed by atoms with Crippen LogP contribution in [0.1, 0.15) is 27.9 Å². The van der Waals surface area contributed by atoms with Gasteiger partial charge >= 0.3 is 0 Å². The quantitative estimate of drug-likeness (QED) is 0.882. The Labute approximate surface area is 123 Å². The molecule has 1 aromatic heterocycles. The molecule has 1 atom stereocenters. The van der Waals surface area contributed by atoms with Gasteiger partial charge in [-0.15, -0.1) is 0 Å². The minimum absolute atomic E-state index is 0.252. The van der Waals surface area contributed by atoms with Crippen molar-refractivity contribution in [3.8, 4) is 5.75 Å². The second-order valence-corrected chi connectivity index (χ2v) is 4.50. The van der Waals surface area contributed by atoms with E-state index >= 15 is 0 Å². The van der Waals surface area contributed by atoms with Crippen molar-refractivity contribution < 1.29 is 18.8 Å². The molecule has 1 N–H and O–H groups in total. The fourth-order valence-electron chi connectivity index (χ4n) is 2.00. The average molecular weight is 290 g/mol. The number of amides is 1. The molecule has 0 fully saturated rings. The lowest BCUT2D eigenvalue weighted by atomic mass is 10.1. The van der Waals surface area contributed by atoms with Crippen LogP contribution in [0.5, 0.6) is 5.75 Å². The summed E-state index contributed by atoms with van der Waals surface area (Å²) < 4.78 is 15.6. The van der Waals surface area contributed by atoms with Crippen molar-refractivity contribution in [3.05, 3.63) is 47.3 Å². The normalized spacial score (nSPS) is 12.0. The Hall–Kier alpha value is -2.34. The van der Waals surface area contributed by atoms with Crippen molar-refractivity contribution in [2.45, 2.75) is 13.0 Å². The van der Waals surface area contributed by atoms with Gasteiger partial charge in [0.25, 0.3) is 5.91 Å². The van der Waals surface area contributed by atoms with Crippen molar-refractivity contribution in [1.29, 1.82) is 0 Å². The van der Waals surface area contributed by atoms with Gasteiger partial charge in [-0.25, -0.2) is 0 Å². The average Bonchev–Trinajstić information content (AvgIpc) is 2.94. The molecule has 0 aliphatic carbocycles. The predicted octanol–water partition coefficient (Wildman–Crippen LogP) is 2.11. The summed E-state index contributed by atoms with van der Waals surface area (Å²) in [6, 6.07) is 9.11. The SMILES string of the molecule is COc1ccccc1C(CNC(=O)c1cc(C)on1)OC. The number of hydrogen-bond acceptors (Lipinski definition) is 5. The summed E-state index contributed by atoms with van der Waals surface area (Å²) in [6.07, 6.45) is -0.307. The minimum Gasteiger partial charge on any atom is -0.496 e. The fourth-order valence-corrected chi connectivity index (χ4v) is 2.00. The number of nitrogens with zero attached hydrogens (tertiary/aromatic N) is 1. The zero-order chi connectivity index (χ0) is 15.2. The van der Waals surface area contributed by atoms with E-state index in [0.717, 1.165) is 11.3 Å². The van der Waals surface area contributed by atoms with Gasteiger partial charge in [0.15, 0.2) is 5.69 Å². The molecule has 1 heterocycles. The van der Waals surface area contributed by atoms with Crippen molar-refractivity contribution in [3.63, 3.8) is 0 Å². The van der Waals surface area contributed by atoms with E-state index < -0.39 is 0 Å². The Morgan fingerprint density at radius 1 is 1.38 bits per heavy atom. The second-order valence-electron chi connectivity index (χ2n) is 4.50. The van der Waals surface area contributed by atoms with Crippen LogP contribution in [0.25, 0.3) is 0 Å². The number of benzene rings is 1. The summed E-state index contributed by atoms with van der Waals surface area (Å²) >= 11 is 0. The zero-order valence-corrected chi connectivity index (χ0v) is 12.3. The van der Waals surface area contributed by atoms with Crippen molar-refractivity contribution in [2.75, 3.05) is 20.8 Å². The van der Waals surface area contributed by atoms with Crippen LogP contribution >= 0.6 is 0 Å². The summed E-state index contributed by atoms with van der Waals surface area (Å²) in [5.74, 6) is 1.01. The molecule has 21 heavy (non-hydrogen) atoms. The van der Waals surface area contributed by atoms with Crippen molar-refractivity contribution in [1.82, 2.24) is 10.5 Å². The summed E-state index contributed by atoms with van der Waals surface area (Å²) in [4.78, 5) is 11.9. The van der Waals surface area contributed by atoms with Gasteiger partial charge in [-0.2, -0.15) is 0 Å². The summed E-state index contributed by atoms with van der Waals surface area (Å²) in [6.45, 7) is 2.04. The first-order valence-electron chi connectivity index (χ1n) is 6.53. The maximum absolute atomic E-state index is 11.9. The van der Waals surface area contributed by atoms with Crippen LogP contribution < -0.4 is 10.1 Å². The zero-order valence-electron chi connectivity index (χ0n) is 12.3. The summed E-state index contributed by atoms with van der Waals surface area (Å²) in [5, 5.41) is 6.44. The summed E-state index contributed by atoms with van der Waals surface area (Å²) in [5.41, 5.74) is 1.13. The molecule has 0 saturated carbocycles. The van der Waals surface area contributed by atoms with E-state index in [1.807, 2.05) is 24.3 Å². The second kappa shape index (κ2) is 6.90. The lowest BCUT2D eigenvalue weighted by Crippen LogP contribution is -2.29. The van der Waals surface area contributed by atoms with E-state index in [1.54, 1.807) is 27.2 Å². The molecule has 2 rings (SSSR count). The van der Waals surface area contributed by atoms with E-state index in [2.05, 4.69) is 10.5 Å². The Kier molecular flexibility index (Phi) is 4.94. The molecule has 1 amide bonds. The highest BCUT2D eigenvalue weighted by molar-refractivity contribution is 5.92. The highest BCUT2D eigenvalue weighted by atomic mass is 16.5. The largest absolute Gasteiger partial charge is 0.496 e.